The highest BCUT2D eigenvalue weighted by molar-refractivity contribution is 5.78. The molecule has 5 heteroatoms. The van der Waals surface area contributed by atoms with Crippen LogP contribution in [0.3, 0.4) is 0 Å². The maximum atomic E-state index is 13.7. The third-order valence-corrected chi connectivity index (χ3v) is 2.90. The second-order valence-electron chi connectivity index (χ2n) is 4.83. The van der Waals surface area contributed by atoms with E-state index in [1.807, 2.05) is 0 Å². The highest BCUT2D eigenvalue weighted by atomic mass is 19.1. The summed E-state index contributed by atoms with van der Waals surface area (Å²) in [6.45, 7) is 0.639. The van der Waals surface area contributed by atoms with Crippen LogP contribution in [-0.2, 0) is 11.3 Å². The summed E-state index contributed by atoms with van der Waals surface area (Å²) in [4.78, 5) is 13.3. The predicted octanol–water partition coefficient (Wildman–Crippen LogP) is 1.12. The number of likely N-dealkylation sites (N-methyl/N-ethyl adjacent to an activating group) is 1. The third kappa shape index (κ3) is 3.43. The number of nitrogen functional groups attached to an aromatic ring is 1. The van der Waals surface area contributed by atoms with E-state index >= 15 is 0 Å². The van der Waals surface area contributed by atoms with Crippen LogP contribution in [0, 0.1) is 5.82 Å². The lowest BCUT2D eigenvalue weighted by atomic mass is 10.2. The number of rotatable bonds is 5. The zero-order valence-corrected chi connectivity index (χ0v) is 10.4. The van der Waals surface area contributed by atoms with Crippen LogP contribution < -0.4 is 11.1 Å². The standard InChI is InChI=1S/C13H18FN3O/c1-17(8-12(18)16-10-5-6-10)7-9-3-2-4-11(15)13(9)14/h2-4,10H,5-8,15H2,1H3,(H,16,18). The van der Waals surface area contributed by atoms with Gasteiger partial charge in [-0.15, -0.1) is 0 Å². The van der Waals surface area contributed by atoms with Gasteiger partial charge in [0.25, 0.3) is 0 Å². The van der Waals surface area contributed by atoms with Crippen molar-refractivity contribution in [2.45, 2.75) is 25.4 Å². The van der Waals surface area contributed by atoms with Crippen LogP contribution >= 0.6 is 0 Å². The maximum Gasteiger partial charge on any atom is 0.234 e. The fraction of sp³-hybridized carbons (Fsp3) is 0.462. The number of benzene rings is 1. The molecule has 0 saturated heterocycles. The van der Waals surface area contributed by atoms with E-state index in [-0.39, 0.29) is 18.1 Å². The van der Waals surface area contributed by atoms with Crippen molar-refractivity contribution in [3.63, 3.8) is 0 Å². The van der Waals surface area contributed by atoms with Gasteiger partial charge in [-0.1, -0.05) is 12.1 Å². The summed E-state index contributed by atoms with van der Waals surface area (Å²) in [6.07, 6.45) is 2.14. The van der Waals surface area contributed by atoms with E-state index in [9.17, 15) is 9.18 Å². The fourth-order valence-corrected chi connectivity index (χ4v) is 1.81. The van der Waals surface area contributed by atoms with Crippen molar-refractivity contribution in [2.24, 2.45) is 0 Å². The Labute approximate surface area is 106 Å². The Balaban J connectivity index is 1.87. The van der Waals surface area contributed by atoms with Crippen molar-refractivity contribution >= 4 is 11.6 Å². The maximum absolute atomic E-state index is 13.7. The third-order valence-electron chi connectivity index (χ3n) is 2.90. The van der Waals surface area contributed by atoms with E-state index < -0.39 is 5.82 Å². The molecule has 0 radical (unpaired) electrons. The van der Waals surface area contributed by atoms with Crippen molar-refractivity contribution < 1.29 is 9.18 Å². The van der Waals surface area contributed by atoms with Crippen LogP contribution in [0.5, 0.6) is 0 Å². The van der Waals surface area contributed by atoms with Crippen molar-refractivity contribution in [3.05, 3.63) is 29.6 Å². The quantitative estimate of drug-likeness (QED) is 0.771. The summed E-state index contributed by atoms with van der Waals surface area (Å²) >= 11 is 0. The highest BCUT2D eigenvalue weighted by Crippen LogP contribution is 2.18. The summed E-state index contributed by atoms with van der Waals surface area (Å²) in [7, 11) is 1.79. The SMILES string of the molecule is CN(CC(=O)NC1CC1)Cc1cccc(N)c1F. The van der Waals surface area contributed by atoms with Gasteiger partial charge in [-0.3, -0.25) is 9.69 Å². The number of halogens is 1. The topological polar surface area (TPSA) is 58.4 Å². The Bertz CT molecular complexity index is 446. The van der Waals surface area contributed by atoms with Gasteiger partial charge in [0, 0.05) is 18.2 Å². The van der Waals surface area contributed by atoms with Gasteiger partial charge in [0.1, 0.15) is 0 Å². The average molecular weight is 251 g/mol. The van der Waals surface area contributed by atoms with Crippen LogP contribution in [0.25, 0.3) is 0 Å². The van der Waals surface area contributed by atoms with Gasteiger partial charge < -0.3 is 11.1 Å². The molecular formula is C13H18FN3O. The lowest BCUT2D eigenvalue weighted by molar-refractivity contribution is -0.122. The first-order valence-electron chi connectivity index (χ1n) is 6.07. The molecule has 2 rings (SSSR count). The van der Waals surface area contributed by atoms with Crippen molar-refractivity contribution in [2.75, 3.05) is 19.3 Å². The van der Waals surface area contributed by atoms with Gasteiger partial charge in [0.2, 0.25) is 5.91 Å². The number of amides is 1. The number of anilines is 1. The van der Waals surface area contributed by atoms with Gasteiger partial charge in [0.05, 0.1) is 12.2 Å². The Hall–Kier alpha value is -1.62. The second-order valence-corrected chi connectivity index (χ2v) is 4.83. The molecule has 18 heavy (non-hydrogen) atoms. The molecular weight excluding hydrogens is 233 g/mol. The van der Waals surface area contributed by atoms with E-state index in [2.05, 4.69) is 5.32 Å². The van der Waals surface area contributed by atoms with Crippen LogP contribution in [0.1, 0.15) is 18.4 Å². The zero-order chi connectivity index (χ0) is 13.1. The zero-order valence-electron chi connectivity index (χ0n) is 10.4. The highest BCUT2D eigenvalue weighted by Gasteiger charge is 2.23. The number of hydrogen-bond acceptors (Lipinski definition) is 3. The molecule has 1 aromatic rings. The minimum absolute atomic E-state index is 0.00990. The lowest BCUT2D eigenvalue weighted by Crippen LogP contribution is -2.36. The first-order valence-corrected chi connectivity index (χ1v) is 6.07. The predicted molar refractivity (Wildman–Crippen MR) is 68.3 cm³/mol. The molecule has 98 valence electrons. The molecule has 0 unspecified atom stereocenters. The summed E-state index contributed by atoms with van der Waals surface area (Å²) in [6, 6.07) is 5.28. The van der Waals surface area contributed by atoms with Crippen molar-refractivity contribution in [3.8, 4) is 0 Å². The minimum atomic E-state index is -0.396. The summed E-state index contributed by atoms with van der Waals surface area (Å²) in [5.41, 5.74) is 6.15. The molecule has 0 aromatic heterocycles. The van der Waals surface area contributed by atoms with Crippen LogP contribution in [-0.4, -0.2) is 30.4 Å². The normalized spacial score (nSPS) is 14.8. The summed E-state index contributed by atoms with van der Waals surface area (Å²) < 4.78 is 13.7. The molecule has 1 fully saturated rings. The molecule has 1 aliphatic rings. The van der Waals surface area contributed by atoms with Gasteiger partial charge in [-0.05, 0) is 26.0 Å². The Morgan fingerprint density at radius 3 is 2.94 bits per heavy atom. The largest absolute Gasteiger partial charge is 0.396 e. The average Bonchev–Trinajstić information content (AvgIpc) is 3.08. The summed E-state index contributed by atoms with van der Waals surface area (Å²) in [5, 5.41) is 2.90. The number of carbonyl (C=O) groups is 1. The van der Waals surface area contributed by atoms with E-state index in [4.69, 9.17) is 5.73 Å². The molecule has 1 aliphatic carbocycles. The number of nitrogens with one attached hydrogen (secondary N) is 1. The molecule has 0 bridgehead atoms. The molecule has 0 aliphatic heterocycles. The van der Waals surface area contributed by atoms with Gasteiger partial charge >= 0.3 is 0 Å². The van der Waals surface area contributed by atoms with Gasteiger partial charge in [-0.25, -0.2) is 4.39 Å². The first-order chi connectivity index (χ1) is 8.56. The Morgan fingerprint density at radius 1 is 1.56 bits per heavy atom. The minimum Gasteiger partial charge on any atom is -0.396 e. The van der Waals surface area contributed by atoms with Crippen LogP contribution in [0.4, 0.5) is 10.1 Å². The van der Waals surface area contributed by atoms with Gasteiger partial charge in [-0.2, -0.15) is 0 Å². The lowest BCUT2D eigenvalue weighted by Gasteiger charge is -2.17. The Kier molecular flexibility index (Phi) is 3.81. The molecule has 0 spiro atoms. The molecule has 1 amide bonds. The second kappa shape index (κ2) is 5.35. The smallest absolute Gasteiger partial charge is 0.234 e. The number of carbonyl (C=O) groups excluding carboxylic acids is 1. The van der Waals surface area contributed by atoms with E-state index in [0.717, 1.165) is 12.8 Å². The molecule has 3 N–H and O–H groups in total. The molecule has 1 aromatic carbocycles. The van der Waals surface area contributed by atoms with E-state index in [1.165, 1.54) is 6.07 Å². The van der Waals surface area contributed by atoms with E-state index in [1.54, 1.807) is 24.1 Å². The first kappa shape index (κ1) is 12.8. The molecule has 0 heterocycles. The number of nitrogens with zero attached hydrogens (tertiary/aromatic N) is 1. The van der Waals surface area contributed by atoms with Crippen LogP contribution in [0.2, 0.25) is 0 Å². The monoisotopic (exact) mass is 251 g/mol. The number of nitrogens with two attached hydrogens (primary N) is 1. The Morgan fingerprint density at radius 2 is 2.28 bits per heavy atom. The number of hydrogen-bond donors (Lipinski definition) is 2. The van der Waals surface area contributed by atoms with Gasteiger partial charge in [0.15, 0.2) is 5.82 Å². The van der Waals surface area contributed by atoms with Crippen molar-refractivity contribution in [1.29, 1.82) is 0 Å². The fourth-order valence-electron chi connectivity index (χ4n) is 1.81. The van der Waals surface area contributed by atoms with Crippen LogP contribution in [0.15, 0.2) is 18.2 Å². The molecule has 0 atom stereocenters. The summed E-state index contributed by atoms with van der Waals surface area (Å²) in [5.74, 6) is -0.406. The molecule has 4 nitrogen and oxygen atoms in total. The van der Waals surface area contributed by atoms with Crippen molar-refractivity contribution in [1.82, 2.24) is 10.2 Å². The molecule has 1 saturated carbocycles. The van der Waals surface area contributed by atoms with E-state index in [0.29, 0.717) is 18.2 Å².